The molecular weight excluding hydrogens is 769 g/mol. The Morgan fingerprint density at radius 2 is 0.694 bits per heavy atom. The van der Waals surface area contributed by atoms with E-state index in [1.165, 1.54) is 89.9 Å². The highest BCUT2D eigenvalue weighted by Crippen LogP contribution is 2.15. The lowest BCUT2D eigenvalue weighted by Crippen LogP contribution is -2.30. The molecule has 0 aromatic heterocycles. The zero-order valence-electron chi connectivity index (χ0n) is 40.6. The summed E-state index contributed by atoms with van der Waals surface area (Å²) in [6.07, 6.45) is 63.1. The number of hydrogen-bond acceptors (Lipinski definition) is 6. The number of carbonyl (C=O) groups is 3. The minimum atomic E-state index is -0.788. The molecule has 0 N–H and O–H groups in total. The molecule has 0 aromatic carbocycles. The van der Waals surface area contributed by atoms with Crippen LogP contribution in [0.1, 0.15) is 245 Å². The van der Waals surface area contributed by atoms with Crippen molar-refractivity contribution in [3.8, 4) is 0 Å². The molecule has 0 heterocycles. The van der Waals surface area contributed by atoms with Gasteiger partial charge in [-0.2, -0.15) is 0 Å². The fraction of sp³-hybridized carbons (Fsp3) is 0.732. The summed E-state index contributed by atoms with van der Waals surface area (Å²) in [7, 11) is 0. The molecule has 0 aromatic rings. The van der Waals surface area contributed by atoms with E-state index >= 15 is 0 Å². The monoisotopic (exact) mass is 865 g/mol. The summed E-state index contributed by atoms with van der Waals surface area (Å²) in [6.45, 7) is 6.46. The van der Waals surface area contributed by atoms with Crippen LogP contribution < -0.4 is 0 Å². The van der Waals surface area contributed by atoms with Gasteiger partial charge in [-0.1, -0.05) is 229 Å². The summed E-state index contributed by atoms with van der Waals surface area (Å²) in [5.74, 6) is -0.922. The highest BCUT2D eigenvalue weighted by molar-refractivity contribution is 5.71. The van der Waals surface area contributed by atoms with Gasteiger partial charge in [-0.15, -0.1) is 0 Å². The van der Waals surface area contributed by atoms with Gasteiger partial charge in [0.1, 0.15) is 13.2 Å². The molecule has 0 amide bonds. The quantitative estimate of drug-likeness (QED) is 0.0199. The molecule has 0 fully saturated rings. The third kappa shape index (κ3) is 47.9. The largest absolute Gasteiger partial charge is 0.462 e. The number of ether oxygens (including phenoxy) is 3. The Morgan fingerprint density at radius 3 is 1.15 bits per heavy atom. The Morgan fingerprint density at radius 1 is 0.355 bits per heavy atom. The average Bonchev–Trinajstić information content (AvgIpc) is 3.27. The van der Waals surface area contributed by atoms with E-state index < -0.39 is 6.10 Å². The van der Waals surface area contributed by atoms with Crippen LogP contribution in [0.5, 0.6) is 0 Å². The summed E-state index contributed by atoms with van der Waals surface area (Å²) in [5, 5.41) is 0. The molecule has 0 aliphatic heterocycles. The van der Waals surface area contributed by atoms with Crippen molar-refractivity contribution in [1.29, 1.82) is 0 Å². The Hall–Kier alpha value is -3.15. The smallest absolute Gasteiger partial charge is 0.306 e. The minimum absolute atomic E-state index is 0.0894. The molecule has 1 atom stereocenters. The summed E-state index contributed by atoms with van der Waals surface area (Å²) >= 11 is 0. The van der Waals surface area contributed by atoms with E-state index in [0.29, 0.717) is 19.3 Å². The topological polar surface area (TPSA) is 78.9 Å². The summed E-state index contributed by atoms with van der Waals surface area (Å²) < 4.78 is 16.8. The molecule has 0 aliphatic carbocycles. The molecular formula is C56H96O6. The molecule has 356 valence electrons. The van der Waals surface area contributed by atoms with Gasteiger partial charge in [0, 0.05) is 19.3 Å². The third-order valence-electron chi connectivity index (χ3n) is 11.0. The van der Waals surface area contributed by atoms with E-state index in [2.05, 4.69) is 93.7 Å². The average molecular weight is 865 g/mol. The van der Waals surface area contributed by atoms with Gasteiger partial charge in [-0.3, -0.25) is 14.4 Å². The van der Waals surface area contributed by atoms with Crippen LogP contribution in [0.15, 0.2) is 72.9 Å². The van der Waals surface area contributed by atoms with E-state index in [1.807, 2.05) is 0 Å². The van der Waals surface area contributed by atoms with Crippen molar-refractivity contribution in [2.45, 2.75) is 252 Å². The molecule has 6 heteroatoms. The van der Waals surface area contributed by atoms with Crippen molar-refractivity contribution in [1.82, 2.24) is 0 Å². The summed E-state index contributed by atoms with van der Waals surface area (Å²) in [5.41, 5.74) is 0. The maximum Gasteiger partial charge on any atom is 0.306 e. The summed E-state index contributed by atoms with van der Waals surface area (Å²) in [6, 6.07) is 0. The van der Waals surface area contributed by atoms with Crippen LogP contribution in [-0.2, 0) is 28.6 Å². The Balaban J connectivity index is 4.43. The van der Waals surface area contributed by atoms with Crippen LogP contribution >= 0.6 is 0 Å². The second kappa shape index (κ2) is 50.5. The van der Waals surface area contributed by atoms with Gasteiger partial charge in [-0.05, 0) is 70.6 Å². The van der Waals surface area contributed by atoms with Gasteiger partial charge < -0.3 is 14.2 Å². The first-order chi connectivity index (χ1) is 30.5. The van der Waals surface area contributed by atoms with E-state index in [4.69, 9.17) is 14.2 Å². The highest BCUT2D eigenvalue weighted by Gasteiger charge is 2.19. The lowest BCUT2D eigenvalue weighted by atomic mass is 10.0. The third-order valence-corrected chi connectivity index (χ3v) is 11.0. The van der Waals surface area contributed by atoms with Gasteiger partial charge in [0.15, 0.2) is 6.10 Å². The second-order valence-electron chi connectivity index (χ2n) is 17.1. The molecule has 0 rings (SSSR count). The number of hydrogen-bond donors (Lipinski definition) is 0. The van der Waals surface area contributed by atoms with Crippen molar-refractivity contribution >= 4 is 17.9 Å². The molecule has 1 unspecified atom stereocenters. The molecule has 0 saturated carbocycles. The van der Waals surface area contributed by atoms with E-state index in [1.54, 1.807) is 0 Å². The fourth-order valence-corrected chi connectivity index (χ4v) is 7.14. The normalized spacial score (nSPS) is 12.6. The fourth-order valence-electron chi connectivity index (χ4n) is 7.14. The van der Waals surface area contributed by atoms with Gasteiger partial charge in [0.05, 0.1) is 0 Å². The van der Waals surface area contributed by atoms with Crippen molar-refractivity contribution in [2.24, 2.45) is 0 Å². The molecule has 0 aliphatic rings. The Labute approximate surface area is 382 Å². The first kappa shape index (κ1) is 58.9. The molecule has 0 saturated heterocycles. The van der Waals surface area contributed by atoms with Crippen LogP contribution in [0.3, 0.4) is 0 Å². The van der Waals surface area contributed by atoms with Crippen LogP contribution in [0, 0.1) is 0 Å². The van der Waals surface area contributed by atoms with E-state index in [9.17, 15) is 14.4 Å². The number of carbonyl (C=O) groups excluding carboxylic acids is 3. The standard InChI is InChI=1S/C56H96O6/c1-4-7-10-13-16-19-22-25-27-28-29-30-32-34-37-40-43-46-49-55(58)61-52-53(51-60-54(57)48-45-42-39-36-33-24-21-18-15-12-9-6-3)62-56(59)50-47-44-41-38-35-31-26-23-20-17-14-11-8-5-2/h9,12,16,18-19,21-22,25,27-30,53H,4-8,10-11,13-15,17,20,23-24,26,31-52H2,1-3H3/b12-9-,19-16-,21-18-,25-22-,28-27-,30-29-. The van der Waals surface area contributed by atoms with Gasteiger partial charge >= 0.3 is 17.9 Å². The number of unbranched alkanes of at least 4 members (excludes halogenated alkanes) is 26. The predicted molar refractivity (Wildman–Crippen MR) is 265 cm³/mol. The van der Waals surface area contributed by atoms with Gasteiger partial charge in [0.2, 0.25) is 0 Å². The maximum atomic E-state index is 12.8. The lowest BCUT2D eigenvalue weighted by Gasteiger charge is -2.18. The number of allylic oxidation sites excluding steroid dienone is 12. The van der Waals surface area contributed by atoms with E-state index in [-0.39, 0.29) is 31.1 Å². The van der Waals surface area contributed by atoms with Crippen LogP contribution in [0.4, 0.5) is 0 Å². The highest BCUT2D eigenvalue weighted by atomic mass is 16.6. The second-order valence-corrected chi connectivity index (χ2v) is 17.1. The Bertz CT molecular complexity index is 1180. The first-order valence-electron chi connectivity index (χ1n) is 26.0. The van der Waals surface area contributed by atoms with E-state index in [0.717, 1.165) is 116 Å². The van der Waals surface area contributed by atoms with Gasteiger partial charge in [-0.25, -0.2) is 0 Å². The van der Waals surface area contributed by atoms with Crippen LogP contribution in [-0.4, -0.2) is 37.2 Å². The van der Waals surface area contributed by atoms with Crippen molar-refractivity contribution in [3.05, 3.63) is 72.9 Å². The number of esters is 3. The van der Waals surface area contributed by atoms with Crippen molar-refractivity contribution < 1.29 is 28.6 Å². The predicted octanol–water partition coefficient (Wildman–Crippen LogP) is 17.0. The molecule has 0 radical (unpaired) electrons. The zero-order valence-corrected chi connectivity index (χ0v) is 40.6. The molecule has 6 nitrogen and oxygen atoms in total. The Kier molecular flexibility index (Phi) is 47.9. The minimum Gasteiger partial charge on any atom is -0.462 e. The maximum absolute atomic E-state index is 12.8. The van der Waals surface area contributed by atoms with Crippen molar-refractivity contribution in [3.63, 3.8) is 0 Å². The first-order valence-corrected chi connectivity index (χ1v) is 26.0. The molecule has 0 spiro atoms. The zero-order chi connectivity index (χ0) is 45.1. The SMILES string of the molecule is CC/C=C\C/C=C\CCCCCCCC(=O)OCC(COC(=O)CCCCCCC\C=C/C=C\C=C/C=C\CCCCC)OC(=O)CCCCCCCCCCCCCCCC. The van der Waals surface area contributed by atoms with Crippen molar-refractivity contribution in [2.75, 3.05) is 13.2 Å². The molecule has 62 heavy (non-hydrogen) atoms. The number of rotatable bonds is 46. The van der Waals surface area contributed by atoms with Crippen LogP contribution in [0.2, 0.25) is 0 Å². The molecule has 0 bridgehead atoms. The van der Waals surface area contributed by atoms with Gasteiger partial charge in [0.25, 0.3) is 0 Å². The lowest BCUT2D eigenvalue weighted by molar-refractivity contribution is -0.167. The summed E-state index contributed by atoms with van der Waals surface area (Å²) in [4.78, 5) is 38.0. The van der Waals surface area contributed by atoms with Crippen LogP contribution in [0.25, 0.3) is 0 Å².